The smallest absolute Gasteiger partial charge is 0.314 e. The van der Waals surface area contributed by atoms with E-state index in [0.29, 0.717) is 27.7 Å². The van der Waals surface area contributed by atoms with Gasteiger partial charge in [0.1, 0.15) is 11.5 Å². The molecule has 0 saturated heterocycles. The Bertz CT molecular complexity index is 762. The number of hydrogen-bond acceptors (Lipinski definition) is 4. The van der Waals surface area contributed by atoms with Crippen LogP contribution in [0.1, 0.15) is 5.56 Å². The van der Waals surface area contributed by atoms with E-state index >= 15 is 0 Å². The SMILES string of the molecule is COc1ccc(Cl)cc1NC(=O)C(=O)Nc1ccc(O)cc1C. The second-order valence-corrected chi connectivity index (χ2v) is 5.19. The molecule has 0 aliphatic carbocycles. The Kier molecular flexibility index (Phi) is 5.08. The zero-order valence-corrected chi connectivity index (χ0v) is 13.3. The molecule has 23 heavy (non-hydrogen) atoms. The highest BCUT2D eigenvalue weighted by atomic mass is 35.5. The molecule has 0 unspecified atom stereocenters. The molecule has 0 radical (unpaired) electrons. The first kappa shape index (κ1) is 16.6. The quantitative estimate of drug-likeness (QED) is 0.595. The fourth-order valence-electron chi connectivity index (χ4n) is 1.92. The first-order valence-electron chi connectivity index (χ1n) is 6.66. The Balaban J connectivity index is 2.11. The lowest BCUT2D eigenvalue weighted by molar-refractivity contribution is -0.133. The van der Waals surface area contributed by atoms with Crippen molar-refractivity contribution >= 4 is 34.8 Å². The summed E-state index contributed by atoms with van der Waals surface area (Å²) in [6.07, 6.45) is 0. The predicted molar refractivity (Wildman–Crippen MR) is 88.1 cm³/mol. The molecular formula is C16H15ClN2O4. The standard InChI is InChI=1S/C16H15ClN2O4/c1-9-7-11(20)4-5-12(9)18-15(21)16(22)19-13-8-10(17)3-6-14(13)23-2/h3-8,20H,1-2H3,(H,18,21)(H,19,22). The van der Waals surface area contributed by atoms with Crippen molar-refractivity contribution in [2.75, 3.05) is 17.7 Å². The molecule has 0 bridgehead atoms. The van der Waals surface area contributed by atoms with E-state index in [1.54, 1.807) is 19.1 Å². The number of aryl methyl sites for hydroxylation is 1. The number of benzene rings is 2. The van der Waals surface area contributed by atoms with Gasteiger partial charge >= 0.3 is 11.8 Å². The van der Waals surface area contributed by atoms with Crippen LogP contribution in [0.2, 0.25) is 5.02 Å². The molecule has 0 heterocycles. The van der Waals surface area contributed by atoms with Crippen LogP contribution >= 0.6 is 11.6 Å². The molecule has 2 rings (SSSR count). The van der Waals surface area contributed by atoms with E-state index in [9.17, 15) is 14.7 Å². The first-order chi connectivity index (χ1) is 10.9. The Labute approximate surface area is 138 Å². The zero-order chi connectivity index (χ0) is 17.0. The number of carbonyl (C=O) groups is 2. The average molecular weight is 335 g/mol. The number of halogens is 1. The highest BCUT2D eigenvalue weighted by molar-refractivity contribution is 6.44. The molecule has 0 atom stereocenters. The van der Waals surface area contributed by atoms with Crippen LogP contribution in [0.4, 0.5) is 11.4 Å². The van der Waals surface area contributed by atoms with Gasteiger partial charge in [-0.25, -0.2) is 0 Å². The summed E-state index contributed by atoms with van der Waals surface area (Å²) in [4.78, 5) is 24.0. The molecule has 0 aliphatic heterocycles. The van der Waals surface area contributed by atoms with E-state index in [2.05, 4.69) is 10.6 Å². The van der Waals surface area contributed by atoms with Gasteiger partial charge in [0.15, 0.2) is 0 Å². The summed E-state index contributed by atoms with van der Waals surface area (Å²) in [5, 5.41) is 14.7. The van der Waals surface area contributed by atoms with Crippen LogP contribution in [0, 0.1) is 6.92 Å². The van der Waals surface area contributed by atoms with Crippen LogP contribution in [-0.4, -0.2) is 24.0 Å². The van der Waals surface area contributed by atoms with Crippen molar-refractivity contribution in [2.45, 2.75) is 6.92 Å². The highest BCUT2D eigenvalue weighted by Crippen LogP contribution is 2.27. The lowest BCUT2D eigenvalue weighted by atomic mass is 10.2. The Hall–Kier alpha value is -2.73. The van der Waals surface area contributed by atoms with E-state index in [1.807, 2.05) is 0 Å². The molecule has 0 aromatic heterocycles. The number of nitrogens with one attached hydrogen (secondary N) is 2. The zero-order valence-electron chi connectivity index (χ0n) is 12.5. The highest BCUT2D eigenvalue weighted by Gasteiger charge is 2.17. The van der Waals surface area contributed by atoms with E-state index in [4.69, 9.17) is 16.3 Å². The van der Waals surface area contributed by atoms with E-state index in [0.717, 1.165) is 0 Å². The van der Waals surface area contributed by atoms with E-state index < -0.39 is 11.8 Å². The van der Waals surface area contributed by atoms with Gasteiger partial charge in [-0.05, 0) is 48.9 Å². The summed E-state index contributed by atoms with van der Waals surface area (Å²) < 4.78 is 5.10. The summed E-state index contributed by atoms with van der Waals surface area (Å²) in [7, 11) is 1.44. The number of rotatable bonds is 3. The van der Waals surface area contributed by atoms with Crippen molar-refractivity contribution in [3.63, 3.8) is 0 Å². The third-order valence-electron chi connectivity index (χ3n) is 3.07. The summed E-state index contributed by atoms with van der Waals surface area (Å²) in [6, 6.07) is 9.08. The van der Waals surface area contributed by atoms with E-state index in [-0.39, 0.29) is 5.75 Å². The summed E-state index contributed by atoms with van der Waals surface area (Å²) >= 11 is 5.87. The minimum absolute atomic E-state index is 0.0774. The van der Waals surface area contributed by atoms with Crippen LogP contribution < -0.4 is 15.4 Å². The number of anilines is 2. The van der Waals surface area contributed by atoms with Gasteiger partial charge in [-0.1, -0.05) is 11.6 Å². The minimum atomic E-state index is -0.863. The largest absolute Gasteiger partial charge is 0.508 e. The molecule has 0 spiro atoms. The number of methoxy groups -OCH3 is 1. The second-order valence-electron chi connectivity index (χ2n) is 4.75. The maximum atomic E-state index is 12.0. The van der Waals surface area contributed by atoms with Crippen molar-refractivity contribution in [1.82, 2.24) is 0 Å². The second kappa shape index (κ2) is 7.02. The predicted octanol–water partition coefficient (Wildman–Crippen LogP) is 2.94. The third-order valence-corrected chi connectivity index (χ3v) is 3.31. The summed E-state index contributed by atoms with van der Waals surface area (Å²) in [5.41, 5.74) is 1.36. The number of hydrogen-bond donors (Lipinski definition) is 3. The Morgan fingerprint density at radius 1 is 1.04 bits per heavy atom. The molecular weight excluding hydrogens is 320 g/mol. The van der Waals surface area contributed by atoms with Crippen molar-refractivity contribution in [1.29, 1.82) is 0 Å². The molecule has 120 valence electrons. The molecule has 0 fully saturated rings. The number of carbonyl (C=O) groups excluding carboxylic acids is 2. The molecule has 6 nitrogen and oxygen atoms in total. The van der Waals surface area contributed by atoms with Gasteiger partial charge in [-0.15, -0.1) is 0 Å². The third kappa shape index (κ3) is 4.14. The normalized spacial score (nSPS) is 10.0. The molecule has 3 N–H and O–H groups in total. The first-order valence-corrected chi connectivity index (χ1v) is 7.04. The van der Waals surface area contributed by atoms with E-state index in [1.165, 1.54) is 31.4 Å². The fourth-order valence-corrected chi connectivity index (χ4v) is 2.10. The van der Waals surface area contributed by atoms with Crippen LogP contribution in [-0.2, 0) is 9.59 Å². The molecule has 2 aromatic rings. The van der Waals surface area contributed by atoms with Gasteiger partial charge in [0.2, 0.25) is 0 Å². The van der Waals surface area contributed by atoms with Crippen molar-refractivity contribution in [3.8, 4) is 11.5 Å². The maximum absolute atomic E-state index is 12.0. The van der Waals surface area contributed by atoms with Gasteiger partial charge in [0.25, 0.3) is 0 Å². The molecule has 7 heteroatoms. The average Bonchev–Trinajstić information content (AvgIpc) is 2.50. The number of ether oxygens (including phenoxy) is 1. The topological polar surface area (TPSA) is 87.7 Å². The van der Waals surface area contributed by atoms with Crippen molar-refractivity contribution in [2.24, 2.45) is 0 Å². The van der Waals surface area contributed by atoms with Gasteiger partial charge in [0, 0.05) is 10.7 Å². The Morgan fingerprint density at radius 2 is 1.70 bits per heavy atom. The van der Waals surface area contributed by atoms with Crippen molar-refractivity contribution in [3.05, 3.63) is 47.0 Å². The number of phenolic OH excluding ortho intramolecular Hbond substituents is 1. The van der Waals surface area contributed by atoms with Gasteiger partial charge in [0.05, 0.1) is 12.8 Å². The lowest BCUT2D eigenvalue weighted by Crippen LogP contribution is -2.29. The van der Waals surface area contributed by atoms with Gasteiger partial charge < -0.3 is 20.5 Å². The molecule has 0 saturated carbocycles. The number of aromatic hydroxyl groups is 1. The number of amides is 2. The number of phenols is 1. The molecule has 0 aliphatic rings. The van der Waals surface area contributed by atoms with Crippen LogP contribution in [0.5, 0.6) is 11.5 Å². The van der Waals surface area contributed by atoms with Gasteiger partial charge in [-0.3, -0.25) is 9.59 Å². The van der Waals surface area contributed by atoms with Crippen molar-refractivity contribution < 1.29 is 19.4 Å². The summed E-state index contributed by atoms with van der Waals surface area (Å²) in [5.74, 6) is -1.25. The Morgan fingerprint density at radius 3 is 2.30 bits per heavy atom. The minimum Gasteiger partial charge on any atom is -0.508 e. The van der Waals surface area contributed by atoms with Gasteiger partial charge in [-0.2, -0.15) is 0 Å². The van der Waals surface area contributed by atoms with Crippen LogP contribution in [0.15, 0.2) is 36.4 Å². The van der Waals surface area contributed by atoms with Crippen LogP contribution in [0.25, 0.3) is 0 Å². The fraction of sp³-hybridized carbons (Fsp3) is 0.125. The maximum Gasteiger partial charge on any atom is 0.314 e. The molecule has 2 aromatic carbocycles. The van der Waals surface area contributed by atoms with Crippen LogP contribution in [0.3, 0.4) is 0 Å². The lowest BCUT2D eigenvalue weighted by Gasteiger charge is -2.11. The summed E-state index contributed by atoms with van der Waals surface area (Å²) in [6.45, 7) is 1.70. The molecule has 2 amide bonds. The monoisotopic (exact) mass is 334 g/mol.